The number of benzene rings is 1. The van der Waals surface area contributed by atoms with E-state index in [4.69, 9.17) is 4.74 Å². The lowest BCUT2D eigenvalue weighted by Crippen LogP contribution is -2.51. The number of methoxy groups -OCH3 is 1. The molecule has 4 fully saturated rings. The van der Waals surface area contributed by atoms with Crippen molar-refractivity contribution in [3.05, 3.63) is 35.5 Å². The summed E-state index contributed by atoms with van der Waals surface area (Å²) in [4.78, 5) is 39.8. The Morgan fingerprint density at radius 3 is 2.36 bits per heavy atom. The van der Waals surface area contributed by atoms with Crippen molar-refractivity contribution in [3.63, 3.8) is 0 Å². The Labute approximate surface area is 193 Å². The summed E-state index contributed by atoms with van der Waals surface area (Å²) in [5.74, 6) is 1.22. The quantitative estimate of drug-likeness (QED) is 0.548. The average molecular weight is 454 g/mol. The van der Waals surface area contributed by atoms with Gasteiger partial charge in [-0.3, -0.25) is 9.59 Å². The molecule has 0 atom stereocenters. The fraction of sp³-hybridized carbons (Fsp3) is 0.560. The van der Waals surface area contributed by atoms with Gasteiger partial charge in [0.05, 0.1) is 31.2 Å². The van der Waals surface area contributed by atoms with Gasteiger partial charge in [-0.15, -0.1) is 0 Å². The van der Waals surface area contributed by atoms with E-state index in [0.717, 1.165) is 19.3 Å². The molecule has 6 rings (SSSR count). The summed E-state index contributed by atoms with van der Waals surface area (Å²) in [6.45, 7) is 0.0157. The van der Waals surface area contributed by atoms with E-state index in [2.05, 4.69) is 10.6 Å². The van der Waals surface area contributed by atoms with E-state index in [9.17, 15) is 19.5 Å². The smallest absolute Gasteiger partial charge is 0.337 e. The second-order valence-corrected chi connectivity index (χ2v) is 10.2. The average Bonchev–Trinajstić information content (AvgIpc) is 3.08. The van der Waals surface area contributed by atoms with E-state index < -0.39 is 5.97 Å². The predicted molar refractivity (Wildman–Crippen MR) is 122 cm³/mol. The molecule has 1 aromatic rings. The number of amides is 2. The SMILES string of the molecule is COC(=O)C1=C(Nc2cccc(NC(=O)C34CC5CC(CC(C5)C3)C4)c2)C(=O)N(CCO)C1. The molecule has 0 aromatic heterocycles. The number of anilines is 2. The molecule has 0 saturated heterocycles. The minimum atomic E-state index is -0.586. The minimum Gasteiger partial charge on any atom is -0.466 e. The van der Waals surface area contributed by atoms with Crippen LogP contribution in [0.15, 0.2) is 35.5 Å². The highest BCUT2D eigenvalue weighted by Gasteiger charge is 2.54. The van der Waals surface area contributed by atoms with Gasteiger partial charge < -0.3 is 25.4 Å². The van der Waals surface area contributed by atoms with Gasteiger partial charge in [-0.25, -0.2) is 4.79 Å². The van der Waals surface area contributed by atoms with Crippen LogP contribution in [0.5, 0.6) is 0 Å². The van der Waals surface area contributed by atoms with E-state index >= 15 is 0 Å². The highest BCUT2D eigenvalue weighted by atomic mass is 16.5. The minimum absolute atomic E-state index is 0.0802. The first kappa shape index (κ1) is 21.9. The summed E-state index contributed by atoms with van der Waals surface area (Å²) >= 11 is 0. The Kier molecular flexibility index (Phi) is 5.64. The van der Waals surface area contributed by atoms with Crippen LogP contribution in [0.25, 0.3) is 0 Å². The molecule has 4 aliphatic carbocycles. The third-order valence-electron chi connectivity index (χ3n) is 7.86. The summed E-state index contributed by atoms with van der Waals surface area (Å²) < 4.78 is 4.83. The van der Waals surface area contributed by atoms with Gasteiger partial charge in [0.25, 0.3) is 5.91 Å². The lowest BCUT2D eigenvalue weighted by molar-refractivity contribution is -0.140. The van der Waals surface area contributed by atoms with Crippen LogP contribution in [0.3, 0.4) is 0 Å². The number of ether oxygens (including phenoxy) is 1. The van der Waals surface area contributed by atoms with E-state index in [-0.39, 0.29) is 48.2 Å². The molecule has 3 N–H and O–H groups in total. The first-order valence-electron chi connectivity index (χ1n) is 11.8. The van der Waals surface area contributed by atoms with Crippen molar-refractivity contribution in [2.45, 2.75) is 38.5 Å². The molecular weight excluding hydrogens is 422 g/mol. The zero-order chi connectivity index (χ0) is 23.2. The highest BCUT2D eigenvalue weighted by molar-refractivity contribution is 6.08. The highest BCUT2D eigenvalue weighted by Crippen LogP contribution is 2.60. The number of carbonyl (C=O) groups is 3. The van der Waals surface area contributed by atoms with Crippen LogP contribution in [0.2, 0.25) is 0 Å². The Morgan fingerprint density at radius 1 is 1.12 bits per heavy atom. The van der Waals surface area contributed by atoms with Gasteiger partial charge in [0.15, 0.2) is 0 Å². The molecule has 176 valence electrons. The topological polar surface area (TPSA) is 108 Å². The lowest BCUT2D eigenvalue weighted by atomic mass is 9.49. The molecule has 8 nitrogen and oxygen atoms in total. The maximum absolute atomic E-state index is 13.4. The van der Waals surface area contributed by atoms with Crippen LogP contribution in [-0.2, 0) is 19.1 Å². The molecular formula is C25H31N3O5. The molecule has 5 aliphatic rings. The van der Waals surface area contributed by atoms with E-state index in [1.54, 1.807) is 18.2 Å². The number of rotatable bonds is 7. The third-order valence-corrected chi connectivity index (χ3v) is 7.86. The van der Waals surface area contributed by atoms with Gasteiger partial charge in [-0.05, 0) is 74.5 Å². The second kappa shape index (κ2) is 8.48. The zero-order valence-corrected chi connectivity index (χ0v) is 18.9. The number of aliphatic hydroxyl groups excluding tert-OH is 1. The van der Waals surface area contributed by atoms with Crippen LogP contribution in [0, 0.1) is 23.2 Å². The number of carbonyl (C=O) groups excluding carboxylic acids is 3. The predicted octanol–water partition coefficient (Wildman–Crippen LogP) is 2.52. The molecule has 1 aliphatic heterocycles. The Morgan fingerprint density at radius 2 is 1.76 bits per heavy atom. The lowest BCUT2D eigenvalue weighted by Gasteiger charge is -2.55. The first-order chi connectivity index (χ1) is 15.9. The van der Waals surface area contributed by atoms with Crippen LogP contribution < -0.4 is 10.6 Å². The van der Waals surface area contributed by atoms with E-state index in [1.807, 2.05) is 6.07 Å². The number of hydrogen-bond acceptors (Lipinski definition) is 6. The number of esters is 1. The Bertz CT molecular complexity index is 982. The molecule has 1 aromatic carbocycles. The van der Waals surface area contributed by atoms with Gasteiger partial charge in [-0.2, -0.15) is 0 Å². The standard InChI is InChI=1S/C25H31N3O5/c1-33-23(31)20-14-28(5-6-29)22(30)21(20)26-18-3-2-4-19(10-18)27-24(32)25-11-15-7-16(12-25)9-17(8-15)13-25/h2-4,10,15-17,26,29H,5-9,11-14H2,1H3,(H,27,32). The van der Waals surface area contributed by atoms with Crippen molar-refractivity contribution in [1.82, 2.24) is 4.90 Å². The van der Waals surface area contributed by atoms with Gasteiger partial charge in [0, 0.05) is 17.9 Å². The number of nitrogens with zero attached hydrogens (tertiary/aromatic N) is 1. The van der Waals surface area contributed by atoms with E-state index in [0.29, 0.717) is 29.1 Å². The summed E-state index contributed by atoms with van der Waals surface area (Å²) in [5, 5.41) is 15.4. The van der Waals surface area contributed by atoms with Crippen LogP contribution in [-0.4, -0.2) is 54.6 Å². The number of β-amino-alcohol motifs (C(OH)–C–C–N with tert-alkyl or cyclic N) is 1. The zero-order valence-electron chi connectivity index (χ0n) is 18.9. The van der Waals surface area contributed by atoms with Crippen LogP contribution in [0.1, 0.15) is 38.5 Å². The first-order valence-corrected chi connectivity index (χ1v) is 11.8. The van der Waals surface area contributed by atoms with Gasteiger partial charge in [0.2, 0.25) is 5.91 Å². The fourth-order valence-corrected chi connectivity index (χ4v) is 6.82. The number of hydrogen-bond donors (Lipinski definition) is 3. The molecule has 2 amide bonds. The van der Waals surface area contributed by atoms with Crippen molar-refractivity contribution in [1.29, 1.82) is 0 Å². The second-order valence-electron chi connectivity index (χ2n) is 10.2. The molecule has 4 saturated carbocycles. The van der Waals surface area contributed by atoms with Crippen molar-refractivity contribution in [2.24, 2.45) is 23.2 Å². The van der Waals surface area contributed by atoms with Gasteiger partial charge in [0.1, 0.15) is 5.70 Å². The monoisotopic (exact) mass is 453 g/mol. The number of aliphatic hydroxyl groups is 1. The maximum Gasteiger partial charge on any atom is 0.337 e. The van der Waals surface area contributed by atoms with Gasteiger partial charge >= 0.3 is 5.97 Å². The molecule has 33 heavy (non-hydrogen) atoms. The molecule has 1 heterocycles. The maximum atomic E-state index is 13.4. The van der Waals surface area contributed by atoms with E-state index in [1.165, 1.54) is 31.3 Å². The third kappa shape index (κ3) is 4.01. The fourth-order valence-electron chi connectivity index (χ4n) is 6.82. The normalized spacial score (nSPS) is 30.1. The summed E-state index contributed by atoms with van der Waals surface area (Å²) in [6, 6.07) is 7.21. The van der Waals surface area contributed by atoms with Crippen molar-refractivity contribution >= 4 is 29.2 Å². The van der Waals surface area contributed by atoms with Crippen molar-refractivity contribution < 1.29 is 24.2 Å². The largest absolute Gasteiger partial charge is 0.466 e. The van der Waals surface area contributed by atoms with Crippen LogP contribution >= 0.6 is 0 Å². The summed E-state index contributed by atoms with van der Waals surface area (Å²) in [5.41, 5.74) is 1.37. The van der Waals surface area contributed by atoms with Crippen molar-refractivity contribution in [2.75, 3.05) is 37.4 Å². The molecule has 8 heteroatoms. The Balaban J connectivity index is 1.33. The summed E-state index contributed by atoms with van der Waals surface area (Å²) in [7, 11) is 1.27. The van der Waals surface area contributed by atoms with Gasteiger partial charge in [-0.1, -0.05) is 6.07 Å². The van der Waals surface area contributed by atoms with Crippen LogP contribution in [0.4, 0.5) is 11.4 Å². The number of nitrogens with one attached hydrogen (secondary N) is 2. The molecule has 4 bridgehead atoms. The van der Waals surface area contributed by atoms with Crippen molar-refractivity contribution in [3.8, 4) is 0 Å². The molecule has 0 unspecified atom stereocenters. The Hall–Kier alpha value is -2.87. The summed E-state index contributed by atoms with van der Waals surface area (Å²) in [6.07, 6.45) is 6.83. The molecule has 0 spiro atoms. The molecule has 0 radical (unpaired) electrons.